The third-order valence-corrected chi connectivity index (χ3v) is 3.05. The van der Waals surface area contributed by atoms with Crippen LogP contribution < -0.4 is 10.1 Å². The lowest BCUT2D eigenvalue weighted by Crippen LogP contribution is -2.46. The average molecular weight is 397 g/mol. The van der Waals surface area contributed by atoms with Gasteiger partial charge in [0.05, 0.1) is 0 Å². The Bertz CT molecular complexity index is 702. The topological polar surface area (TPSA) is 64.6 Å². The molecule has 0 aliphatic heterocycles. The highest BCUT2D eigenvalue weighted by Crippen LogP contribution is 2.29. The third kappa shape index (κ3) is 6.07. The summed E-state index contributed by atoms with van der Waals surface area (Å²) in [6.45, 7) is 8.05. The SMILES string of the molecule is CC(C)C[C@H](NC(=O)OC(C)(C)C)C(=O)Oc1c(F)c(F)c(F)c(F)c1F. The molecule has 1 aromatic rings. The maximum absolute atomic E-state index is 13.7. The smallest absolute Gasteiger partial charge is 0.408 e. The van der Waals surface area contributed by atoms with Gasteiger partial charge in [-0.1, -0.05) is 13.8 Å². The number of hydrogen-bond donors (Lipinski definition) is 1. The molecule has 5 nitrogen and oxygen atoms in total. The molecule has 0 saturated heterocycles. The summed E-state index contributed by atoms with van der Waals surface area (Å²) >= 11 is 0. The molecule has 0 aliphatic rings. The van der Waals surface area contributed by atoms with E-state index in [4.69, 9.17) is 4.74 Å². The van der Waals surface area contributed by atoms with Crippen molar-refractivity contribution in [2.45, 2.75) is 52.7 Å². The molecular formula is C17H20F5NO4. The van der Waals surface area contributed by atoms with E-state index in [0.29, 0.717) is 0 Å². The van der Waals surface area contributed by atoms with Crippen LogP contribution in [0.1, 0.15) is 41.0 Å². The van der Waals surface area contributed by atoms with E-state index in [0.717, 1.165) is 0 Å². The van der Waals surface area contributed by atoms with Crippen LogP contribution >= 0.6 is 0 Å². The minimum atomic E-state index is -2.38. The molecule has 0 unspecified atom stereocenters. The van der Waals surface area contributed by atoms with Crippen molar-refractivity contribution < 1.29 is 41.0 Å². The second-order valence-electron chi connectivity index (χ2n) is 7.15. The molecule has 27 heavy (non-hydrogen) atoms. The van der Waals surface area contributed by atoms with E-state index in [1.807, 2.05) is 0 Å². The van der Waals surface area contributed by atoms with E-state index < -0.39 is 58.5 Å². The molecule has 10 heteroatoms. The number of hydrogen-bond acceptors (Lipinski definition) is 4. The quantitative estimate of drug-likeness (QED) is 0.266. The van der Waals surface area contributed by atoms with Gasteiger partial charge >= 0.3 is 12.1 Å². The van der Waals surface area contributed by atoms with Crippen molar-refractivity contribution in [3.8, 4) is 5.75 Å². The Morgan fingerprint density at radius 2 is 1.37 bits per heavy atom. The summed E-state index contributed by atoms with van der Waals surface area (Å²) in [5.74, 6) is -14.8. The Morgan fingerprint density at radius 1 is 0.926 bits per heavy atom. The van der Waals surface area contributed by atoms with Crippen molar-refractivity contribution >= 4 is 12.1 Å². The largest absolute Gasteiger partial charge is 0.444 e. The molecule has 0 heterocycles. The number of alkyl carbamates (subject to hydrolysis) is 1. The first-order valence-corrected chi connectivity index (χ1v) is 7.97. The van der Waals surface area contributed by atoms with E-state index in [1.54, 1.807) is 34.6 Å². The van der Waals surface area contributed by atoms with Gasteiger partial charge in [-0.05, 0) is 33.1 Å². The number of nitrogens with one attached hydrogen (secondary N) is 1. The molecule has 0 radical (unpaired) electrons. The summed E-state index contributed by atoms with van der Waals surface area (Å²) in [5, 5.41) is 2.16. The number of benzene rings is 1. The number of carbonyl (C=O) groups is 2. The maximum atomic E-state index is 13.7. The summed E-state index contributed by atoms with van der Waals surface area (Å²) in [6.07, 6.45) is -1.05. The molecule has 0 aromatic heterocycles. The first-order valence-electron chi connectivity index (χ1n) is 7.97. The molecule has 1 amide bonds. The predicted octanol–water partition coefficient (Wildman–Crippen LogP) is 4.23. The molecule has 0 aliphatic carbocycles. The zero-order chi connectivity index (χ0) is 21.1. The Hall–Kier alpha value is -2.39. The predicted molar refractivity (Wildman–Crippen MR) is 84.5 cm³/mol. The number of ether oxygens (including phenoxy) is 2. The lowest BCUT2D eigenvalue weighted by Gasteiger charge is -2.23. The lowest BCUT2D eigenvalue weighted by atomic mass is 10.0. The van der Waals surface area contributed by atoms with Crippen molar-refractivity contribution in [1.82, 2.24) is 5.32 Å². The van der Waals surface area contributed by atoms with Gasteiger partial charge in [0.25, 0.3) is 0 Å². The van der Waals surface area contributed by atoms with Crippen LogP contribution in [0.2, 0.25) is 0 Å². The molecule has 1 N–H and O–H groups in total. The van der Waals surface area contributed by atoms with Crippen LogP contribution in [0.25, 0.3) is 0 Å². The highest BCUT2D eigenvalue weighted by atomic mass is 19.2. The van der Waals surface area contributed by atoms with Crippen LogP contribution in [-0.4, -0.2) is 23.7 Å². The zero-order valence-corrected chi connectivity index (χ0v) is 15.4. The molecule has 0 saturated carbocycles. The molecule has 1 rings (SSSR count). The van der Waals surface area contributed by atoms with Crippen molar-refractivity contribution in [2.75, 3.05) is 0 Å². The lowest BCUT2D eigenvalue weighted by molar-refractivity contribution is -0.137. The minimum absolute atomic E-state index is 0.0343. The number of halogens is 5. The summed E-state index contributed by atoms with van der Waals surface area (Å²) in [4.78, 5) is 24.0. The summed E-state index contributed by atoms with van der Waals surface area (Å²) < 4.78 is 76.2. The van der Waals surface area contributed by atoms with Crippen LogP contribution in [0.5, 0.6) is 5.75 Å². The number of carbonyl (C=O) groups excluding carboxylic acids is 2. The molecule has 1 aromatic carbocycles. The van der Waals surface area contributed by atoms with Crippen LogP contribution in [0.15, 0.2) is 0 Å². The molecule has 152 valence electrons. The van der Waals surface area contributed by atoms with Gasteiger partial charge in [0, 0.05) is 0 Å². The maximum Gasteiger partial charge on any atom is 0.408 e. The van der Waals surface area contributed by atoms with E-state index in [-0.39, 0.29) is 12.3 Å². The fourth-order valence-electron chi connectivity index (χ4n) is 1.98. The van der Waals surface area contributed by atoms with Crippen molar-refractivity contribution in [3.05, 3.63) is 29.1 Å². The second-order valence-corrected chi connectivity index (χ2v) is 7.15. The fraction of sp³-hybridized carbons (Fsp3) is 0.529. The minimum Gasteiger partial charge on any atom is -0.444 e. The molecule has 0 bridgehead atoms. The van der Waals surface area contributed by atoms with Gasteiger partial charge in [0.2, 0.25) is 34.8 Å². The van der Waals surface area contributed by atoms with Gasteiger partial charge in [-0.15, -0.1) is 0 Å². The van der Waals surface area contributed by atoms with E-state index in [1.165, 1.54) is 0 Å². The van der Waals surface area contributed by atoms with Crippen molar-refractivity contribution in [3.63, 3.8) is 0 Å². The van der Waals surface area contributed by atoms with Gasteiger partial charge in [0.1, 0.15) is 11.6 Å². The first kappa shape index (κ1) is 22.7. The Morgan fingerprint density at radius 3 is 1.78 bits per heavy atom. The van der Waals surface area contributed by atoms with Gasteiger partial charge in [-0.3, -0.25) is 0 Å². The van der Waals surface area contributed by atoms with Gasteiger partial charge < -0.3 is 14.8 Å². The molecule has 1 atom stereocenters. The number of rotatable bonds is 5. The Labute approximate surface area is 152 Å². The summed E-state index contributed by atoms with van der Waals surface area (Å²) in [6, 6.07) is -1.44. The van der Waals surface area contributed by atoms with Crippen molar-refractivity contribution in [1.29, 1.82) is 0 Å². The number of esters is 1. The van der Waals surface area contributed by atoms with Gasteiger partial charge in [0.15, 0.2) is 0 Å². The van der Waals surface area contributed by atoms with Crippen molar-refractivity contribution in [2.24, 2.45) is 5.92 Å². The second kappa shape index (κ2) is 8.53. The van der Waals surface area contributed by atoms with Crippen LogP contribution in [-0.2, 0) is 9.53 Å². The highest BCUT2D eigenvalue weighted by molar-refractivity contribution is 5.83. The first-order chi connectivity index (χ1) is 12.2. The Kier molecular flexibility index (Phi) is 7.16. The van der Waals surface area contributed by atoms with E-state index in [9.17, 15) is 31.5 Å². The average Bonchev–Trinajstić information content (AvgIpc) is 2.52. The molecule has 0 spiro atoms. The standard InChI is InChI=1S/C17H20F5NO4/c1-7(2)6-8(23-16(25)27-17(3,4)5)15(24)26-14-12(21)10(19)9(18)11(20)13(14)22/h7-8H,6H2,1-5H3,(H,23,25)/t8-/m0/s1. The van der Waals surface area contributed by atoms with Gasteiger partial charge in [-0.2, -0.15) is 8.78 Å². The monoisotopic (exact) mass is 397 g/mol. The Balaban J connectivity index is 3.10. The van der Waals surface area contributed by atoms with E-state index in [2.05, 4.69) is 10.1 Å². The zero-order valence-electron chi connectivity index (χ0n) is 15.4. The fourth-order valence-corrected chi connectivity index (χ4v) is 1.98. The molecular weight excluding hydrogens is 377 g/mol. The van der Waals surface area contributed by atoms with Crippen LogP contribution in [0, 0.1) is 35.0 Å². The number of amides is 1. The molecule has 0 fully saturated rings. The van der Waals surface area contributed by atoms with Crippen LogP contribution in [0.3, 0.4) is 0 Å². The normalized spacial score (nSPS) is 12.7. The van der Waals surface area contributed by atoms with Gasteiger partial charge in [-0.25, -0.2) is 22.8 Å². The highest BCUT2D eigenvalue weighted by Gasteiger charge is 2.32. The van der Waals surface area contributed by atoms with E-state index >= 15 is 0 Å². The summed E-state index contributed by atoms with van der Waals surface area (Å²) in [7, 11) is 0. The van der Waals surface area contributed by atoms with Crippen LogP contribution in [0.4, 0.5) is 26.7 Å². The summed E-state index contributed by atoms with van der Waals surface area (Å²) in [5.41, 5.74) is -0.891. The third-order valence-electron chi connectivity index (χ3n) is 3.05.